The monoisotopic (exact) mass is 310 g/mol. The first-order valence-corrected chi connectivity index (χ1v) is 7.40. The van der Waals surface area contributed by atoms with E-state index in [-0.39, 0.29) is 17.1 Å². The van der Waals surface area contributed by atoms with Gasteiger partial charge in [-0.1, -0.05) is 6.07 Å². The van der Waals surface area contributed by atoms with Crippen LogP contribution in [-0.4, -0.2) is 21.3 Å². The second-order valence-electron chi connectivity index (χ2n) is 5.11. The molecule has 4 rings (SSSR count). The van der Waals surface area contributed by atoms with E-state index in [0.717, 1.165) is 25.6 Å². The summed E-state index contributed by atoms with van der Waals surface area (Å²) < 4.78 is 1.74. The fraction of sp³-hybridized carbons (Fsp3) is 0. The third-order valence-electron chi connectivity index (χ3n) is 3.77. The zero-order valence-electron chi connectivity index (χ0n) is 11.2. The van der Waals surface area contributed by atoms with E-state index in [0.29, 0.717) is 5.39 Å². The molecule has 1 heterocycles. The number of aromatic carboxylic acids is 1. The molecule has 3 aromatic carbocycles. The average Bonchev–Trinajstić information content (AvgIpc) is 2.83. The van der Waals surface area contributed by atoms with Gasteiger partial charge in [0.05, 0.1) is 5.56 Å². The van der Waals surface area contributed by atoms with E-state index in [9.17, 15) is 20.1 Å². The molecule has 0 aliphatic heterocycles. The Hall–Kier alpha value is -2.79. The Morgan fingerprint density at radius 3 is 2.23 bits per heavy atom. The van der Waals surface area contributed by atoms with Crippen molar-refractivity contribution in [3.63, 3.8) is 0 Å². The molecule has 4 nitrogen and oxygen atoms in total. The molecule has 0 atom stereocenters. The van der Waals surface area contributed by atoms with Gasteiger partial charge < -0.3 is 15.3 Å². The fourth-order valence-corrected chi connectivity index (χ4v) is 4.04. The van der Waals surface area contributed by atoms with E-state index in [4.69, 9.17) is 0 Å². The Labute approximate surface area is 128 Å². The van der Waals surface area contributed by atoms with Gasteiger partial charge in [-0.05, 0) is 41.8 Å². The second kappa shape index (κ2) is 4.35. The molecule has 1 aromatic heterocycles. The van der Waals surface area contributed by atoms with Crippen LogP contribution in [0.4, 0.5) is 0 Å². The van der Waals surface area contributed by atoms with E-state index < -0.39 is 5.97 Å². The number of carboxylic acids is 1. The number of fused-ring (bicyclic) bond motifs is 5. The SMILES string of the molecule is O=C(O)c1cc2sc3cc(O)ccc3c2c2ccc(O)cc12. The highest BCUT2D eigenvalue weighted by molar-refractivity contribution is 7.26. The van der Waals surface area contributed by atoms with Crippen molar-refractivity contribution in [2.45, 2.75) is 0 Å². The number of rotatable bonds is 1. The van der Waals surface area contributed by atoms with Crippen molar-refractivity contribution in [2.75, 3.05) is 0 Å². The van der Waals surface area contributed by atoms with Gasteiger partial charge in [-0.15, -0.1) is 11.3 Å². The van der Waals surface area contributed by atoms with E-state index in [1.165, 1.54) is 17.4 Å². The number of benzene rings is 3. The van der Waals surface area contributed by atoms with Crippen molar-refractivity contribution in [3.05, 3.63) is 48.0 Å². The van der Waals surface area contributed by atoms with Crippen molar-refractivity contribution >= 4 is 48.3 Å². The smallest absolute Gasteiger partial charge is 0.336 e. The largest absolute Gasteiger partial charge is 0.508 e. The van der Waals surface area contributed by atoms with Crippen LogP contribution in [0, 0.1) is 0 Å². The summed E-state index contributed by atoms with van der Waals surface area (Å²) in [6, 6.07) is 11.5. The predicted molar refractivity (Wildman–Crippen MR) is 87.1 cm³/mol. The lowest BCUT2D eigenvalue weighted by Crippen LogP contribution is -1.97. The molecule has 0 fully saturated rings. The van der Waals surface area contributed by atoms with Crippen LogP contribution >= 0.6 is 11.3 Å². The van der Waals surface area contributed by atoms with Crippen LogP contribution in [0.2, 0.25) is 0 Å². The number of phenolic OH excluding ortho intramolecular Hbond substituents is 2. The molecule has 5 heteroatoms. The molecule has 4 aromatic rings. The molecule has 0 saturated heterocycles. The van der Waals surface area contributed by atoms with Gasteiger partial charge in [0.15, 0.2) is 0 Å². The van der Waals surface area contributed by atoms with Gasteiger partial charge in [0.2, 0.25) is 0 Å². The van der Waals surface area contributed by atoms with Crippen molar-refractivity contribution in [1.82, 2.24) is 0 Å². The number of carboxylic acid groups (broad SMARTS) is 1. The Kier molecular flexibility index (Phi) is 2.55. The topological polar surface area (TPSA) is 77.8 Å². The third-order valence-corrected chi connectivity index (χ3v) is 4.87. The van der Waals surface area contributed by atoms with Crippen molar-refractivity contribution in [3.8, 4) is 11.5 Å². The highest BCUT2D eigenvalue weighted by Gasteiger charge is 2.16. The van der Waals surface area contributed by atoms with Gasteiger partial charge in [-0.2, -0.15) is 0 Å². The summed E-state index contributed by atoms with van der Waals surface area (Å²) >= 11 is 1.44. The first kappa shape index (κ1) is 12.9. The highest BCUT2D eigenvalue weighted by atomic mass is 32.1. The molecular weight excluding hydrogens is 300 g/mol. The standard InChI is InChI=1S/C17H10O4S/c18-8-1-3-10-12(5-8)13(17(20)21)7-15-16(10)11-4-2-9(19)6-14(11)22-15/h1-7,18-19H,(H,20,21). The maximum Gasteiger partial charge on any atom is 0.336 e. The molecule has 0 spiro atoms. The zero-order valence-corrected chi connectivity index (χ0v) is 12.0. The Bertz CT molecular complexity index is 1080. The first-order valence-electron chi connectivity index (χ1n) is 6.59. The van der Waals surface area contributed by atoms with Gasteiger partial charge in [0.25, 0.3) is 0 Å². The summed E-state index contributed by atoms with van der Waals surface area (Å²) in [6.45, 7) is 0. The lowest BCUT2D eigenvalue weighted by molar-refractivity contribution is 0.0699. The number of carbonyl (C=O) groups is 1. The predicted octanol–water partition coefficient (Wildman–Crippen LogP) is 4.32. The average molecular weight is 310 g/mol. The van der Waals surface area contributed by atoms with Crippen LogP contribution in [0.5, 0.6) is 11.5 Å². The summed E-state index contributed by atoms with van der Waals surface area (Å²) in [7, 11) is 0. The van der Waals surface area contributed by atoms with E-state index in [2.05, 4.69) is 0 Å². The van der Waals surface area contributed by atoms with E-state index in [1.807, 2.05) is 6.07 Å². The molecule has 22 heavy (non-hydrogen) atoms. The Morgan fingerprint density at radius 2 is 1.50 bits per heavy atom. The lowest BCUT2D eigenvalue weighted by Gasteiger charge is -2.06. The Balaban J connectivity index is 2.29. The maximum atomic E-state index is 11.5. The van der Waals surface area contributed by atoms with Gasteiger partial charge >= 0.3 is 5.97 Å². The van der Waals surface area contributed by atoms with Crippen LogP contribution in [-0.2, 0) is 0 Å². The summed E-state index contributed by atoms with van der Waals surface area (Å²) in [6.07, 6.45) is 0. The highest BCUT2D eigenvalue weighted by Crippen LogP contribution is 2.41. The quantitative estimate of drug-likeness (QED) is 0.489. The van der Waals surface area contributed by atoms with Crippen LogP contribution < -0.4 is 0 Å². The normalized spacial score (nSPS) is 11.5. The minimum atomic E-state index is -1.03. The molecule has 0 aliphatic carbocycles. The van der Waals surface area contributed by atoms with Crippen molar-refractivity contribution < 1.29 is 20.1 Å². The molecule has 0 amide bonds. The minimum Gasteiger partial charge on any atom is -0.508 e. The second-order valence-corrected chi connectivity index (χ2v) is 6.20. The molecule has 0 aliphatic rings. The number of hydrogen-bond donors (Lipinski definition) is 3. The summed E-state index contributed by atoms with van der Waals surface area (Å²) in [5.74, 6) is -0.816. The molecule has 0 bridgehead atoms. The van der Waals surface area contributed by atoms with Crippen LogP contribution in [0.15, 0.2) is 42.5 Å². The Morgan fingerprint density at radius 1 is 0.818 bits per heavy atom. The minimum absolute atomic E-state index is 0.0338. The summed E-state index contributed by atoms with van der Waals surface area (Å²) in [4.78, 5) is 11.5. The summed E-state index contributed by atoms with van der Waals surface area (Å²) in [5, 5.41) is 31.9. The van der Waals surface area contributed by atoms with E-state index in [1.54, 1.807) is 30.3 Å². The molecule has 0 unspecified atom stereocenters. The van der Waals surface area contributed by atoms with Crippen LogP contribution in [0.1, 0.15) is 10.4 Å². The van der Waals surface area contributed by atoms with E-state index >= 15 is 0 Å². The van der Waals surface area contributed by atoms with Crippen molar-refractivity contribution in [1.29, 1.82) is 0 Å². The van der Waals surface area contributed by atoms with Crippen LogP contribution in [0.3, 0.4) is 0 Å². The zero-order chi connectivity index (χ0) is 15.4. The first-order chi connectivity index (χ1) is 10.5. The van der Waals surface area contributed by atoms with Gasteiger partial charge in [0.1, 0.15) is 11.5 Å². The number of aromatic hydroxyl groups is 2. The molecule has 108 valence electrons. The van der Waals surface area contributed by atoms with Crippen molar-refractivity contribution in [2.24, 2.45) is 0 Å². The van der Waals surface area contributed by atoms with Gasteiger partial charge in [-0.25, -0.2) is 4.79 Å². The summed E-state index contributed by atoms with van der Waals surface area (Å²) in [5.41, 5.74) is 0.161. The number of phenols is 2. The third kappa shape index (κ3) is 1.72. The van der Waals surface area contributed by atoms with Crippen LogP contribution in [0.25, 0.3) is 30.9 Å². The molecule has 0 radical (unpaired) electrons. The number of hydrogen-bond acceptors (Lipinski definition) is 4. The number of thiophene rings is 1. The molecule has 3 N–H and O–H groups in total. The maximum absolute atomic E-state index is 11.5. The molecular formula is C17H10O4S. The fourth-order valence-electron chi connectivity index (χ4n) is 2.84. The lowest BCUT2D eigenvalue weighted by atomic mass is 9.99. The molecule has 0 saturated carbocycles. The van der Waals surface area contributed by atoms with Gasteiger partial charge in [-0.3, -0.25) is 0 Å². The van der Waals surface area contributed by atoms with Gasteiger partial charge in [0, 0.05) is 25.6 Å².